The average Bonchev–Trinajstić information content (AvgIpc) is 2.41. The van der Waals surface area contributed by atoms with Crippen LogP contribution in [0, 0.1) is 6.92 Å². The van der Waals surface area contributed by atoms with Crippen LogP contribution in [0.25, 0.3) is 0 Å². The molecule has 2 rings (SSSR count). The first-order valence-electron chi connectivity index (χ1n) is 6.47. The first-order chi connectivity index (χ1) is 9.10. The number of hydrogen-bond acceptors (Lipinski definition) is 4. The van der Waals surface area contributed by atoms with E-state index in [1.54, 1.807) is 18.1 Å². The number of methoxy groups -OCH3 is 1. The summed E-state index contributed by atoms with van der Waals surface area (Å²) in [6.07, 6.45) is 1.30. The lowest BCUT2D eigenvalue weighted by molar-refractivity contribution is 0.138. The fraction of sp³-hybridized carbons (Fsp3) is 0.500. The maximum atomic E-state index is 12.0. The standard InChI is InChI=1S/C14H20N2O3/c1-10-3-4-12(13(9-10)18-2)19-14(17)16-7-5-11(15)6-8-16/h3-4,9,11H,5-8,15H2,1-2H3. The smallest absolute Gasteiger partial charge is 0.415 e. The molecule has 0 aliphatic carbocycles. The zero-order valence-corrected chi connectivity index (χ0v) is 11.4. The number of piperidine rings is 1. The van der Waals surface area contributed by atoms with Crippen molar-refractivity contribution >= 4 is 6.09 Å². The maximum absolute atomic E-state index is 12.0. The van der Waals surface area contributed by atoms with Gasteiger partial charge in [-0.05, 0) is 37.5 Å². The number of carbonyl (C=O) groups is 1. The minimum absolute atomic E-state index is 0.193. The van der Waals surface area contributed by atoms with Gasteiger partial charge in [-0.15, -0.1) is 0 Å². The molecule has 2 N–H and O–H groups in total. The molecule has 0 saturated carbocycles. The summed E-state index contributed by atoms with van der Waals surface area (Å²) in [5.41, 5.74) is 6.87. The molecule has 0 bridgehead atoms. The van der Waals surface area contributed by atoms with E-state index >= 15 is 0 Å². The molecule has 0 atom stereocenters. The quantitative estimate of drug-likeness (QED) is 0.886. The van der Waals surface area contributed by atoms with Crippen LogP contribution in [0.15, 0.2) is 18.2 Å². The predicted octanol–water partition coefficient (Wildman–Crippen LogP) is 1.93. The molecule has 0 unspecified atom stereocenters. The maximum Gasteiger partial charge on any atom is 0.415 e. The topological polar surface area (TPSA) is 64.8 Å². The predicted molar refractivity (Wildman–Crippen MR) is 72.5 cm³/mol. The van der Waals surface area contributed by atoms with Crippen LogP contribution >= 0.6 is 0 Å². The largest absolute Gasteiger partial charge is 0.493 e. The lowest BCUT2D eigenvalue weighted by Gasteiger charge is -2.29. The molecule has 5 nitrogen and oxygen atoms in total. The van der Waals surface area contributed by atoms with Crippen LogP contribution in [0.3, 0.4) is 0 Å². The van der Waals surface area contributed by atoms with E-state index in [2.05, 4.69) is 0 Å². The highest BCUT2D eigenvalue weighted by Crippen LogP contribution is 2.28. The van der Waals surface area contributed by atoms with Crippen molar-refractivity contribution in [3.05, 3.63) is 23.8 Å². The van der Waals surface area contributed by atoms with Gasteiger partial charge in [0.15, 0.2) is 11.5 Å². The molecule has 5 heteroatoms. The number of likely N-dealkylation sites (tertiary alicyclic amines) is 1. The minimum atomic E-state index is -0.339. The molecule has 1 aromatic carbocycles. The van der Waals surface area contributed by atoms with Crippen molar-refractivity contribution < 1.29 is 14.3 Å². The number of amides is 1. The van der Waals surface area contributed by atoms with Crippen LogP contribution in [-0.2, 0) is 0 Å². The molecule has 1 aliphatic heterocycles. The van der Waals surface area contributed by atoms with Crippen LogP contribution in [0.2, 0.25) is 0 Å². The van der Waals surface area contributed by atoms with Gasteiger partial charge in [0.25, 0.3) is 0 Å². The van der Waals surface area contributed by atoms with Crippen molar-refractivity contribution in [2.24, 2.45) is 5.73 Å². The zero-order valence-electron chi connectivity index (χ0n) is 11.4. The lowest BCUT2D eigenvalue weighted by atomic mass is 10.1. The minimum Gasteiger partial charge on any atom is -0.493 e. The second-order valence-electron chi connectivity index (χ2n) is 4.85. The number of nitrogens with two attached hydrogens (primary N) is 1. The summed E-state index contributed by atoms with van der Waals surface area (Å²) in [5.74, 6) is 1.02. The molecular formula is C14H20N2O3. The summed E-state index contributed by atoms with van der Waals surface area (Å²) in [6.45, 7) is 3.25. The van der Waals surface area contributed by atoms with E-state index < -0.39 is 0 Å². The number of rotatable bonds is 2. The van der Waals surface area contributed by atoms with E-state index in [1.807, 2.05) is 19.1 Å². The summed E-state index contributed by atoms with van der Waals surface area (Å²) in [4.78, 5) is 13.7. The van der Waals surface area contributed by atoms with Crippen molar-refractivity contribution in [1.29, 1.82) is 0 Å². The van der Waals surface area contributed by atoms with Gasteiger partial charge in [0.2, 0.25) is 0 Å². The van der Waals surface area contributed by atoms with E-state index in [1.165, 1.54) is 0 Å². The number of hydrogen-bond donors (Lipinski definition) is 1. The second kappa shape index (κ2) is 5.93. The van der Waals surface area contributed by atoms with Gasteiger partial charge in [-0.25, -0.2) is 4.79 Å². The van der Waals surface area contributed by atoms with Gasteiger partial charge in [-0.3, -0.25) is 0 Å². The fourth-order valence-electron chi connectivity index (χ4n) is 2.10. The first-order valence-corrected chi connectivity index (χ1v) is 6.47. The van der Waals surface area contributed by atoms with Crippen molar-refractivity contribution in [3.8, 4) is 11.5 Å². The number of carbonyl (C=O) groups excluding carboxylic acids is 1. The molecule has 1 fully saturated rings. The molecule has 1 aliphatic rings. The second-order valence-corrected chi connectivity index (χ2v) is 4.85. The van der Waals surface area contributed by atoms with Crippen molar-refractivity contribution in [2.45, 2.75) is 25.8 Å². The molecular weight excluding hydrogens is 244 g/mol. The summed E-state index contributed by atoms with van der Waals surface area (Å²) in [6, 6.07) is 5.67. The number of ether oxygens (including phenoxy) is 2. The normalized spacial score (nSPS) is 16.3. The van der Waals surface area contributed by atoms with Crippen LogP contribution in [0.1, 0.15) is 18.4 Å². The fourth-order valence-corrected chi connectivity index (χ4v) is 2.10. The Kier molecular flexibility index (Phi) is 4.27. The molecule has 1 heterocycles. The molecule has 1 aromatic rings. The van der Waals surface area contributed by atoms with E-state index in [-0.39, 0.29) is 12.1 Å². The number of benzene rings is 1. The molecule has 104 valence electrons. The van der Waals surface area contributed by atoms with Crippen LogP contribution in [0.5, 0.6) is 11.5 Å². The van der Waals surface area contributed by atoms with Crippen molar-refractivity contribution in [2.75, 3.05) is 20.2 Å². The Labute approximate surface area is 113 Å². The van der Waals surface area contributed by atoms with E-state index in [0.717, 1.165) is 18.4 Å². The summed E-state index contributed by atoms with van der Waals surface area (Å²) in [7, 11) is 1.56. The van der Waals surface area contributed by atoms with Crippen molar-refractivity contribution in [1.82, 2.24) is 4.90 Å². The molecule has 0 radical (unpaired) electrons. The Bertz CT molecular complexity index is 454. The Balaban J connectivity index is 2.02. The monoisotopic (exact) mass is 264 g/mol. The third-order valence-electron chi connectivity index (χ3n) is 3.31. The van der Waals surface area contributed by atoms with E-state index in [4.69, 9.17) is 15.2 Å². The molecule has 1 saturated heterocycles. The Morgan fingerprint density at radius 1 is 1.32 bits per heavy atom. The van der Waals surface area contributed by atoms with Crippen LogP contribution in [0.4, 0.5) is 4.79 Å². The molecule has 19 heavy (non-hydrogen) atoms. The Morgan fingerprint density at radius 2 is 2.00 bits per heavy atom. The average molecular weight is 264 g/mol. The Hall–Kier alpha value is -1.75. The first kappa shape index (κ1) is 13.7. The highest BCUT2D eigenvalue weighted by Gasteiger charge is 2.22. The van der Waals surface area contributed by atoms with Gasteiger partial charge in [0.1, 0.15) is 0 Å². The van der Waals surface area contributed by atoms with Gasteiger partial charge in [-0.1, -0.05) is 6.07 Å². The zero-order chi connectivity index (χ0) is 13.8. The third kappa shape index (κ3) is 3.38. The lowest BCUT2D eigenvalue weighted by Crippen LogP contribution is -2.44. The Morgan fingerprint density at radius 3 is 2.63 bits per heavy atom. The van der Waals surface area contributed by atoms with Gasteiger partial charge >= 0.3 is 6.09 Å². The van der Waals surface area contributed by atoms with Gasteiger partial charge in [0, 0.05) is 19.1 Å². The SMILES string of the molecule is COc1cc(C)ccc1OC(=O)N1CCC(N)CC1. The molecule has 0 aromatic heterocycles. The summed E-state index contributed by atoms with van der Waals surface area (Å²) in [5, 5.41) is 0. The van der Waals surface area contributed by atoms with E-state index in [9.17, 15) is 4.79 Å². The molecule has 0 spiro atoms. The van der Waals surface area contributed by atoms with Gasteiger partial charge in [0.05, 0.1) is 7.11 Å². The van der Waals surface area contributed by atoms with Gasteiger partial charge in [-0.2, -0.15) is 0 Å². The van der Waals surface area contributed by atoms with Crippen molar-refractivity contribution in [3.63, 3.8) is 0 Å². The van der Waals surface area contributed by atoms with Crippen LogP contribution in [-0.4, -0.2) is 37.2 Å². The highest BCUT2D eigenvalue weighted by atomic mass is 16.6. The van der Waals surface area contributed by atoms with Crippen LogP contribution < -0.4 is 15.2 Å². The summed E-state index contributed by atoms with van der Waals surface area (Å²) < 4.78 is 10.6. The number of nitrogens with zero attached hydrogens (tertiary/aromatic N) is 1. The summed E-state index contributed by atoms with van der Waals surface area (Å²) >= 11 is 0. The van der Waals surface area contributed by atoms with Gasteiger partial charge < -0.3 is 20.1 Å². The third-order valence-corrected chi connectivity index (χ3v) is 3.31. The highest BCUT2D eigenvalue weighted by molar-refractivity contribution is 5.71. The number of aryl methyl sites for hydroxylation is 1. The molecule has 1 amide bonds. The van der Waals surface area contributed by atoms with E-state index in [0.29, 0.717) is 24.6 Å².